The fourth-order valence-electron chi connectivity index (χ4n) is 5.53. The van der Waals surface area contributed by atoms with E-state index in [0.717, 1.165) is 17.4 Å². The topological polar surface area (TPSA) is 111 Å². The predicted octanol–water partition coefficient (Wildman–Crippen LogP) is 4.23. The average molecular weight is 590 g/mol. The summed E-state index contributed by atoms with van der Waals surface area (Å²) in [5, 5.41) is 13.3. The van der Waals surface area contributed by atoms with Crippen LogP contribution < -0.4 is 16.0 Å². The Morgan fingerprint density at radius 3 is 2.86 bits per heavy atom. The van der Waals surface area contributed by atoms with Crippen molar-refractivity contribution >= 4 is 22.5 Å². The zero-order valence-corrected chi connectivity index (χ0v) is 22.9. The molecule has 42 heavy (non-hydrogen) atoms. The van der Waals surface area contributed by atoms with E-state index in [0.29, 0.717) is 41.7 Å². The second kappa shape index (κ2) is 11.1. The number of nitrogens with zero attached hydrogens (tertiary/aromatic N) is 4. The predicted molar refractivity (Wildman–Crippen MR) is 146 cm³/mol. The van der Waals surface area contributed by atoms with E-state index in [1.54, 1.807) is 43.6 Å². The van der Waals surface area contributed by atoms with Crippen LogP contribution in [-0.4, -0.2) is 70.4 Å². The first-order valence-corrected chi connectivity index (χ1v) is 13.7. The highest BCUT2D eigenvalue weighted by Crippen LogP contribution is 2.44. The lowest BCUT2D eigenvalue weighted by molar-refractivity contribution is -0.139. The van der Waals surface area contributed by atoms with Crippen molar-refractivity contribution in [1.82, 2.24) is 29.9 Å². The molecule has 3 N–H and O–H groups in total. The number of benzene rings is 1. The van der Waals surface area contributed by atoms with Gasteiger partial charge in [-0.25, -0.2) is 4.39 Å². The lowest BCUT2D eigenvalue weighted by Crippen LogP contribution is -2.45. The molecule has 4 heterocycles. The van der Waals surface area contributed by atoms with E-state index in [9.17, 15) is 22.4 Å². The number of amides is 1. The zero-order valence-electron chi connectivity index (χ0n) is 22.9. The van der Waals surface area contributed by atoms with Crippen LogP contribution in [0.2, 0.25) is 0 Å². The Morgan fingerprint density at radius 2 is 2.12 bits per heavy atom. The quantitative estimate of drug-likeness (QED) is 0.238. The molecular formula is C28H31F4N7O3. The molecule has 2 atom stereocenters. The SMILES string of the molecule is COCC1(n2ccc(C(=O)NCc3nc(-c4cc5c(N[C@@H]6CCNC[C@@H]6F)cccc5n4CC(F)(F)F)no3)c2)CC1. The first-order valence-electron chi connectivity index (χ1n) is 13.7. The summed E-state index contributed by atoms with van der Waals surface area (Å²) in [6.45, 7) is 0.00873. The fourth-order valence-corrected chi connectivity index (χ4v) is 5.53. The Balaban J connectivity index is 1.22. The molecule has 1 saturated heterocycles. The van der Waals surface area contributed by atoms with Gasteiger partial charge in [0.15, 0.2) is 0 Å². The maximum atomic E-state index is 14.5. The van der Waals surface area contributed by atoms with E-state index in [4.69, 9.17) is 9.26 Å². The molecule has 1 amide bonds. The largest absolute Gasteiger partial charge is 0.406 e. The summed E-state index contributed by atoms with van der Waals surface area (Å²) in [4.78, 5) is 17.0. The summed E-state index contributed by atoms with van der Waals surface area (Å²) in [7, 11) is 1.64. The molecule has 14 heteroatoms. The summed E-state index contributed by atoms with van der Waals surface area (Å²) in [5.41, 5.74) is 1.24. The second-order valence-electron chi connectivity index (χ2n) is 10.9. The summed E-state index contributed by atoms with van der Waals surface area (Å²) < 4.78 is 69.1. The molecule has 10 nitrogen and oxygen atoms in total. The molecule has 3 aromatic heterocycles. The molecule has 2 aliphatic rings. The van der Waals surface area contributed by atoms with Gasteiger partial charge < -0.3 is 34.3 Å². The number of ether oxygens (including phenoxy) is 1. The van der Waals surface area contributed by atoms with Crippen LogP contribution >= 0.6 is 0 Å². The average Bonchev–Trinajstić information content (AvgIpc) is 3.30. The lowest BCUT2D eigenvalue weighted by atomic mass is 10.0. The highest BCUT2D eigenvalue weighted by Gasteiger charge is 2.44. The van der Waals surface area contributed by atoms with Gasteiger partial charge in [0.05, 0.1) is 41.5 Å². The number of nitrogens with one attached hydrogen (secondary N) is 3. The highest BCUT2D eigenvalue weighted by atomic mass is 19.4. The van der Waals surface area contributed by atoms with Crippen LogP contribution in [0.25, 0.3) is 22.4 Å². The molecule has 1 saturated carbocycles. The van der Waals surface area contributed by atoms with Crippen LogP contribution in [0.5, 0.6) is 0 Å². The standard InChI is InChI=1S/C28H31F4N7O3/c1-41-16-27(7-8-27)38-10-6-17(14-38)26(40)34-13-24-36-25(37-42-24)23-11-18-20(35-21-5-9-33-12-19(21)29)3-2-4-22(18)39(23)15-28(30,31)32/h2-4,6,10-11,14,19,21,33,35H,5,7-9,12-13,15-16H2,1H3,(H,34,40)/t19-,21+/m0/s1. The third-order valence-corrected chi connectivity index (χ3v) is 7.87. The molecule has 1 aliphatic carbocycles. The molecule has 0 spiro atoms. The summed E-state index contributed by atoms with van der Waals surface area (Å²) >= 11 is 0. The molecule has 0 radical (unpaired) electrons. The summed E-state index contributed by atoms with van der Waals surface area (Å²) in [5.74, 6) is -0.377. The van der Waals surface area contributed by atoms with Gasteiger partial charge in [-0.15, -0.1) is 0 Å². The molecule has 1 aromatic carbocycles. The van der Waals surface area contributed by atoms with Crippen molar-refractivity contribution in [2.24, 2.45) is 0 Å². The molecule has 0 bridgehead atoms. The smallest absolute Gasteiger partial charge is 0.382 e. The van der Waals surface area contributed by atoms with Crippen LogP contribution in [0.3, 0.4) is 0 Å². The van der Waals surface area contributed by atoms with Gasteiger partial charge in [-0.3, -0.25) is 4.79 Å². The van der Waals surface area contributed by atoms with Crippen LogP contribution in [0, 0.1) is 0 Å². The van der Waals surface area contributed by atoms with E-state index in [1.165, 1.54) is 0 Å². The van der Waals surface area contributed by atoms with Gasteiger partial charge >= 0.3 is 6.18 Å². The van der Waals surface area contributed by atoms with E-state index < -0.39 is 24.9 Å². The normalized spacial score (nSPS) is 20.1. The van der Waals surface area contributed by atoms with Gasteiger partial charge in [-0.1, -0.05) is 11.2 Å². The monoisotopic (exact) mass is 589 g/mol. The number of rotatable bonds is 10. The number of carbonyl (C=O) groups excluding carboxylic acids is 1. The number of halogens is 4. The minimum absolute atomic E-state index is 0.0352. The van der Waals surface area contributed by atoms with Gasteiger partial charge in [0.2, 0.25) is 11.7 Å². The van der Waals surface area contributed by atoms with E-state index in [2.05, 4.69) is 26.1 Å². The maximum absolute atomic E-state index is 14.5. The summed E-state index contributed by atoms with van der Waals surface area (Å²) in [6, 6.07) is 7.68. The molecule has 0 unspecified atom stereocenters. The number of aromatic nitrogens is 4. The van der Waals surface area contributed by atoms with E-state index in [-0.39, 0.29) is 41.9 Å². The Morgan fingerprint density at radius 1 is 1.29 bits per heavy atom. The maximum Gasteiger partial charge on any atom is 0.406 e. The first-order chi connectivity index (χ1) is 20.2. The number of alkyl halides is 4. The first kappa shape index (κ1) is 28.2. The van der Waals surface area contributed by atoms with Crippen molar-refractivity contribution < 1.29 is 31.6 Å². The van der Waals surface area contributed by atoms with E-state index >= 15 is 0 Å². The van der Waals surface area contributed by atoms with E-state index in [1.807, 2.05) is 10.8 Å². The van der Waals surface area contributed by atoms with Crippen molar-refractivity contribution in [3.8, 4) is 11.5 Å². The number of piperidine rings is 1. The van der Waals surface area contributed by atoms with Gasteiger partial charge in [0.1, 0.15) is 12.7 Å². The Bertz CT molecular complexity index is 1570. The Hall–Kier alpha value is -3.91. The van der Waals surface area contributed by atoms with Gasteiger partial charge in [0.25, 0.3) is 5.91 Å². The summed E-state index contributed by atoms with van der Waals surface area (Å²) in [6.07, 6.45) is 0.412. The molecule has 4 aromatic rings. The van der Waals surface area contributed by atoms with Gasteiger partial charge in [0, 0.05) is 37.1 Å². The molecule has 1 aliphatic heterocycles. The molecule has 224 valence electrons. The van der Waals surface area contributed by atoms with Crippen molar-refractivity contribution in [2.45, 2.75) is 56.3 Å². The number of carbonyl (C=O) groups is 1. The lowest BCUT2D eigenvalue weighted by Gasteiger charge is -2.28. The number of fused-ring (bicyclic) bond motifs is 1. The number of hydrogen-bond acceptors (Lipinski definition) is 7. The van der Waals surface area contributed by atoms with Crippen molar-refractivity contribution in [1.29, 1.82) is 0 Å². The van der Waals surface area contributed by atoms with Crippen molar-refractivity contribution in [3.05, 3.63) is 54.2 Å². The van der Waals surface area contributed by atoms with Crippen molar-refractivity contribution in [3.63, 3.8) is 0 Å². The Kier molecular flexibility index (Phi) is 7.43. The molecule has 2 fully saturated rings. The number of methoxy groups -OCH3 is 1. The third-order valence-electron chi connectivity index (χ3n) is 7.87. The van der Waals surface area contributed by atoms with Crippen LogP contribution in [0.4, 0.5) is 23.2 Å². The molecular weight excluding hydrogens is 558 g/mol. The van der Waals surface area contributed by atoms with Crippen LogP contribution in [0.15, 0.2) is 47.2 Å². The fraction of sp³-hybridized carbons (Fsp3) is 0.464. The number of anilines is 1. The van der Waals surface area contributed by atoms with Crippen LogP contribution in [0.1, 0.15) is 35.5 Å². The van der Waals surface area contributed by atoms with Crippen LogP contribution in [-0.2, 0) is 23.4 Å². The minimum Gasteiger partial charge on any atom is -0.382 e. The highest BCUT2D eigenvalue weighted by molar-refractivity contribution is 5.96. The third kappa shape index (κ3) is 5.73. The van der Waals surface area contributed by atoms with Gasteiger partial charge in [-0.2, -0.15) is 18.2 Å². The van der Waals surface area contributed by atoms with Crippen molar-refractivity contribution in [2.75, 3.05) is 32.1 Å². The second-order valence-corrected chi connectivity index (χ2v) is 10.9. The minimum atomic E-state index is -4.53. The molecule has 6 rings (SSSR count). The zero-order chi connectivity index (χ0) is 29.5. The number of hydrogen-bond donors (Lipinski definition) is 3. The van der Waals surface area contributed by atoms with Gasteiger partial charge in [-0.05, 0) is 50.1 Å². The Labute approximate surface area is 238 Å².